The van der Waals surface area contributed by atoms with Crippen molar-refractivity contribution >= 4 is 29.8 Å². The van der Waals surface area contributed by atoms with Gasteiger partial charge in [-0.3, -0.25) is 4.79 Å². The Bertz CT molecular complexity index is 1210. The lowest BCUT2D eigenvalue weighted by atomic mass is 9.88. The minimum absolute atomic E-state index is 0.235. The van der Waals surface area contributed by atoms with Crippen LogP contribution in [0.25, 0.3) is 11.3 Å². The summed E-state index contributed by atoms with van der Waals surface area (Å²) in [6.45, 7) is 9.49. The molecule has 1 N–H and O–H groups in total. The van der Waals surface area contributed by atoms with Gasteiger partial charge in [-0.15, -0.1) is 0 Å². The van der Waals surface area contributed by atoms with Crippen LogP contribution in [0.4, 0.5) is 0 Å². The standard InChI is InChI=1S/C28H34N2O4S.CO2/c1-6-28(30-20(5)31,27(32)33-7-2)17-16-21-8-12-23(13-9-21)35-24-14-10-22(11-15-24)25-18-34-26(29-25)19(3)4;2-1-3/h8-15,18-19H,6-7,16-17H2,1-5H3,(H,30,31);. The number of benzene rings is 2. The van der Waals surface area contributed by atoms with E-state index in [0.29, 0.717) is 19.3 Å². The number of aryl methyl sites for hydroxylation is 1. The van der Waals surface area contributed by atoms with Crippen molar-refractivity contribution in [2.75, 3.05) is 6.61 Å². The van der Waals surface area contributed by atoms with Gasteiger partial charge in [0.1, 0.15) is 17.5 Å². The van der Waals surface area contributed by atoms with Gasteiger partial charge in [0.2, 0.25) is 5.91 Å². The molecule has 0 aliphatic carbocycles. The fourth-order valence-electron chi connectivity index (χ4n) is 3.83. The van der Waals surface area contributed by atoms with E-state index in [1.165, 1.54) is 6.92 Å². The maximum absolute atomic E-state index is 12.6. The number of rotatable bonds is 11. The number of hydrogen-bond donors (Lipinski definition) is 1. The van der Waals surface area contributed by atoms with E-state index in [0.717, 1.165) is 32.5 Å². The molecule has 202 valence electrons. The maximum atomic E-state index is 12.6. The summed E-state index contributed by atoms with van der Waals surface area (Å²) in [5.41, 5.74) is 1.97. The zero-order valence-electron chi connectivity index (χ0n) is 22.4. The lowest BCUT2D eigenvalue weighted by Crippen LogP contribution is -2.54. The van der Waals surface area contributed by atoms with Crippen LogP contribution in [0.15, 0.2) is 69.0 Å². The largest absolute Gasteiger partial charge is 0.464 e. The molecular formula is C29H34N2O6S. The van der Waals surface area contributed by atoms with Crippen LogP contribution in [0, 0.1) is 0 Å². The van der Waals surface area contributed by atoms with Gasteiger partial charge in [-0.05, 0) is 56.0 Å². The Hall–Kier alpha value is -3.68. The normalized spacial score (nSPS) is 12.1. The second-order valence-electron chi connectivity index (χ2n) is 8.92. The number of nitrogens with one attached hydrogen (secondary N) is 1. The highest BCUT2D eigenvalue weighted by Crippen LogP contribution is 2.31. The molecule has 0 radical (unpaired) electrons. The molecule has 0 saturated carbocycles. The molecule has 1 atom stereocenters. The van der Waals surface area contributed by atoms with Gasteiger partial charge in [-0.1, -0.05) is 56.8 Å². The highest BCUT2D eigenvalue weighted by molar-refractivity contribution is 7.99. The summed E-state index contributed by atoms with van der Waals surface area (Å²) in [5, 5.41) is 2.84. The molecule has 9 heteroatoms. The summed E-state index contributed by atoms with van der Waals surface area (Å²) in [4.78, 5) is 47.4. The molecule has 0 saturated heterocycles. The van der Waals surface area contributed by atoms with E-state index in [1.807, 2.05) is 6.92 Å². The van der Waals surface area contributed by atoms with Crippen molar-refractivity contribution in [3.63, 3.8) is 0 Å². The molecule has 1 unspecified atom stereocenters. The van der Waals surface area contributed by atoms with Gasteiger partial charge in [0.15, 0.2) is 5.89 Å². The molecule has 0 bridgehead atoms. The lowest BCUT2D eigenvalue weighted by Gasteiger charge is -2.31. The van der Waals surface area contributed by atoms with Crippen LogP contribution in [0.2, 0.25) is 0 Å². The monoisotopic (exact) mass is 538 g/mol. The van der Waals surface area contributed by atoms with Gasteiger partial charge in [-0.25, -0.2) is 9.78 Å². The van der Waals surface area contributed by atoms with Crippen LogP contribution in [-0.4, -0.2) is 35.2 Å². The van der Waals surface area contributed by atoms with Crippen molar-refractivity contribution in [2.45, 2.75) is 75.1 Å². The quantitative estimate of drug-likeness (QED) is 0.304. The third kappa shape index (κ3) is 8.71. The minimum Gasteiger partial charge on any atom is -0.464 e. The molecule has 8 nitrogen and oxygen atoms in total. The third-order valence-corrected chi connectivity index (χ3v) is 6.87. The van der Waals surface area contributed by atoms with E-state index >= 15 is 0 Å². The van der Waals surface area contributed by atoms with Crippen LogP contribution in [-0.2, 0) is 30.3 Å². The van der Waals surface area contributed by atoms with Crippen LogP contribution in [0.3, 0.4) is 0 Å². The second kappa shape index (κ2) is 14.9. The Morgan fingerprint density at radius 1 is 1.05 bits per heavy atom. The van der Waals surface area contributed by atoms with Crippen LogP contribution >= 0.6 is 11.8 Å². The molecule has 2 aromatic carbocycles. The third-order valence-electron chi connectivity index (χ3n) is 5.85. The molecule has 1 amide bonds. The Morgan fingerprint density at radius 2 is 1.63 bits per heavy atom. The number of amides is 1. The SMILES string of the molecule is CCOC(=O)C(CC)(CCc1ccc(Sc2ccc(-c3coc(C(C)C)n3)cc2)cc1)NC(C)=O.O=C=O. The fraction of sp³-hybridized carbons (Fsp3) is 0.379. The fourth-order valence-corrected chi connectivity index (χ4v) is 4.64. The number of aromatic nitrogens is 1. The molecule has 0 spiro atoms. The van der Waals surface area contributed by atoms with Crippen molar-refractivity contribution in [1.29, 1.82) is 0 Å². The number of carbonyl (C=O) groups is 2. The van der Waals surface area contributed by atoms with Gasteiger partial charge >= 0.3 is 12.1 Å². The predicted octanol–water partition coefficient (Wildman–Crippen LogP) is 5.81. The lowest BCUT2D eigenvalue weighted by molar-refractivity contribution is -0.191. The highest BCUT2D eigenvalue weighted by atomic mass is 32.2. The van der Waals surface area contributed by atoms with Crippen molar-refractivity contribution in [3.05, 3.63) is 66.2 Å². The minimum atomic E-state index is -1.00. The molecule has 3 aromatic rings. The number of nitrogens with zero attached hydrogens (tertiary/aromatic N) is 1. The smallest absolute Gasteiger partial charge is 0.373 e. The first-order valence-electron chi connectivity index (χ1n) is 12.5. The summed E-state index contributed by atoms with van der Waals surface area (Å²) in [7, 11) is 0. The highest BCUT2D eigenvalue weighted by Gasteiger charge is 2.38. The summed E-state index contributed by atoms with van der Waals surface area (Å²) in [5.74, 6) is 0.394. The summed E-state index contributed by atoms with van der Waals surface area (Å²) in [6.07, 6.45) is 3.57. The van der Waals surface area contributed by atoms with E-state index in [-0.39, 0.29) is 30.6 Å². The van der Waals surface area contributed by atoms with E-state index < -0.39 is 5.54 Å². The number of ether oxygens (including phenoxy) is 1. The first-order chi connectivity index (χ1) is 18.2. The Labute approximate surface area is 227 Å². The Balaban J connectivity index is 0.00000161. The zero-order chi connectivity index (χ0) is 28.1. The Morgan fingerprint density at radius 3 is 2.11 bits per heavy atom. The van der Waals surface area contributed by atoms with Crippen molar-refractivity contribution in [2.24, 2.45) is 0 Å². The first-order valence-corrected chi connectivity index (χ1v) is 13.3. The molecule has 38 heavy (non-hydrogen) atoms. The molecule has 1 heterocycles. The molecule has 0 fully saturated rings. The van der Waals surface area contributed by atoms with Crippen LogP contribution < -0.4 is 5.32 Å². The van der Waals surface area contributed by atoms with Gasteiger partial charge in [0.05, 0.1) is 6.61 Å². The van der Waals surface area contributed by atoms with Crippen molar-refractivity contribution in [3.8, 4) is 11.3 Å². The van der Waals surface area contributed by atoms with Gasteiger partial charge < -0.3 is 14.5 Å². The maximum Gasteiger partial charge on any atom is 0.373 e. The molecule has 0 aliphatic rings. The predicted molar refractivity (Wildman–Crippen MR) is 143 cm³/mol. The number of hydrogen-bond acceptors (Lipinski definition) is 8. The molecular weight excluding hydrogens is 504 g/mol. The summed E-state index contributed by atoms with van der Waals surface area (Å²) >= 11 is 1.68. The van der Waals surface area contributed by atoms with Crippen molar-refractivity contribution in [1.82, 2.24) is 10.3 Å². The van der Waals surface area contributed by atoms with E-state index in [1.54, 1.807) is 24.9 Å². The number of oxazole rings is 1. The van der Waals surface area contributed by atoms with E-state index in [9.17, 15) is 9.59 Å². The second-order valence-corrected chi connectivity index (χ2v) is 10.1. The summed E-state index contributed by atoms with van der Waals surface area (Å²) < 4.78 is 10.8. The molecule has 0 aliphatic heterocycles. The number of esters is 1. The average Bonchev–Trinajstić information content (AvgIpc) is 3.39. The first kappa shape index (κ1) is 30.5. The topological polar surface area (TPSA) is 116 Å². The molecule has 3 rings (SSSR count). The summed E-state index contributed by atoms with van der Waals surface area (Å²) in [6, 6.07) is 16.6. The molecule has 1 aromatic heterocycles. The van der Waals surface area contributed by atoms with Crippen LogP contribution in [0.5, 0.6) is 0 Å². The number of carbonyl (C=O) groups excluding carboxylic acids is 4. The van der Waals surface area contributed by atoms with E-state index in [2.05, 4.69) is 72.7 Å². The Kier molecular flexibility index (Phi) is 12.0. The van der Waals surface area contributed by atoms with Gasteiger partial charge in [0, 0.05) is 28.2 Å². The van der Waals surface area contributed by atoms with Gasteiger partial charge in [-0.2, -0.15) is 9.59 Å². The zero-order valence-corrected chi connectivity index (χ0v) is 23.2. The van der Waals surface area contributed by atoms with Gasteiger partial charge in [0.25, 0.3) is 0 Å². The van der Waals surface area contributed by atoms with Crippen LogP contribution in [0.1, 0.15) is 64.8 Å². The van der Waals surface area contributed by atoms with Crippen molar-refractivity contribution < 1.29 is 28.3 Å². The van der Waals surface area contributed by atoms with E-state index in [4.69, 9.17) is 18.7 Å². The average molecular weight is 539 g/mol.